The van der Waals surface area contributed by atoms with Gasteiger partial charge in [0.15, 0.2) is 0 Å². The summed E-state index contributed by atoms with van der Waals surface area (Å²) in [6, 6.07) is 3.24. The minimum atomic E-state index is -0.331. The van der Waals surface area contributed by atoms with E-state index in [4.69, 9.17) is 11.6 Å². The lowest BCUT2D eigenvalue weighted by atomic mass is 10.1. The number of aromatic hydroxyl groups is 1. The molecule has 0 saturated carbocycles. The minimum absolute atomic E-state index is 0.0425. The standard InChI is InChI=1S/C9H8ClIO3/c1-14-8(12)4-5-2-6(10)9(13)7(11)3-5/h2-3,13H,4H2,1H3. The lowest BCUT2D eigenvalue weighted by Gasteiger charge is -2.04. The van der Waals surface area contributed by atoms with Crippen LogP contribution < -0.4 is 0 Å². The summed E-state index contributed by atoms with van der Waals surface area (Å²) in [6.45, 7) is 0. The van der Waals surface area contributed by atoms with Crippen molar-refractivity contribution in [3.8, 4) is 5.75 Å². The van der Waals surface area contributed by atoms with E-state index < -0.39 is 0 Å². The SMILES string of the molecule is COC(=O)Cc1cc(Cl)c(O)c(I)c1. The molecular weight excluding hydrogens is 318 g/mol. The maximum atomic E-state index is 11.0. The molecule has 76 valence electrons. The Balaban J connectivity index is 2.95. The molecule has 0 saturated heterocycles. The Bertz CT molecular complexity index is 342. The topological polar surface area (TPSA) is 46.5 Å². The van der Waals surface area contributed by atoms with Gasteiger partial charge in [0, 0.05) is 0 Å². The summed E-state index contributed by atoms with van der Waals surface area (Å²) >= 11 is 7.69. The molecule has 0 aliphatic carbocycles. The molecule has 0 radical (unpaired) electrons. The van der Waals surface area contributed by atoms with Crippen molar-refractivity contribution in [2.45, 2.75) is 6.42 Å². The van der Waals surface area contributed by atoms with Gasteiger partial charge in [-0.25, -0.2) is 0 Å². The molecule has 1 aromatic carbocycles. The number of carbonyl (C=O) groups excluding carboxylic acids is 1. The van der Waals surface area contributed by atoms with E-state index in [1.54, 1.807) is 12.1 Å². The predicted octanol–water partition coefficient (Wildman–Crippen LogP) is 2.37. The van der Waals surface area contributed by atoms with Crippen molar-refractivity contribution < 1.29 is 14.6 Å². The molecule has 14 heavy (non-hydrogen) atoms. The van der Waals surface area contributed by atoms with Crippen LogP contribution in [-0.4, -0.2) is 18.2 Å². The lowest BCUT2D eigenvalue weighted by Crippen LogP contribution is -2.04. The summed E-state index contributed by atoms with van der Waals surface area (Å²) in [7, 11) is 1.33. The van der Waals surface area contributed by atoms with Gasteiger partial charge in [-0.2, -0.15) is 0 Å². The van der Waals surface area contributed by atoms with Crippen LogP contribution >= 0.6 is 34.2 Å². The first-order valence-corrected chi connectivity index (χ1v) is 5.24. The molecule has 0 heterocycles. The largest absolute Gasteiger partial charge is 0.505 e. The zero-order valence-corrected chi connectivity index (χ0v) is 10.3. The first-order chi connectivity index (χ1) is 6.54. The molecule has 0 unspecified atom stereocenters. The number of halogens is 2. The van der Waals surface area contributed by atoms with Gasteiger partial charge in [-0.3, -0.25) is 4.79 Å². The van der Waals surface area contributed by atoms with Crippen molar-refractivity contribution in [3.63, 3.8) is 0 Å². The molecule has 3 nitrogen and oxygen atoms in total. The highest BCUT2D eigenvalue weighted by Crippen LogP contribution is 2.30. The second-order valence-corrected chi connectivity index (χ2v) is 4.23. The maximum absolute atomic E-state index is 11.0. The molecule has 1 rings (SSSR count). The second-order valence-electron chi connectivity index (χ2n) is 2.66. The van der Waals surface area contributed by atoms with Gasteiger partial charge in [0.05, 0.1) is 22.1 Å². The van der Waals surface area contributed by atoms with Gasteiger partial charge in [0.25, 0.3) is 0 Å². The highest BCUT2D eigenvalue weighted by atomic mass is 127. The minimum Gasteiger partial charge on any atom is -0.505 e. The highest BCUT2D eigenvalue weighted by Gasteiger charge is 2.09. The van der Waals surface area contributed by atoms with E-state index >= 15 is 0 Å². The molecule has 0 amide bonds. The van der Waals surface area contributed by atoms with E-state index in [0.29, 0.717) is 3.57 Å². The molecule has 1 N–H and O–H groups in total. The molecule has 0 bridgehead atoms. The molecule has 0 aliphatic rings. The lowest BCUT2D eigenvalue weighted by molar-refractivity contribution is -0.139. The van der Waals surface area contributed by atoms with Crippen LogP contribution in [0.4, 0.5) is 0 Å². The fourth-order valence-electron chi connectivity index (χ4n) is 0.959. The van der Waals surface area contributed by atoms with E-state index in [0.717, 1.165) is 5.56 Å². The van der Waals surface area contributed by atoms with Gasteiger partial charge in [-0.1, -0.05) is 11.6 Å². The first-order valence-electron chi connectivity index (χ1n) is 3.78. The maximum Gasteiger partial charge on any atom is 0.309 e. The zero-order chi connectivity index (χ0) is 10.7. The average molecular weight is 327 g/mol. The summed E-state index contributed by atoms with van der Waals surface area (Å²) in [5, 5.41) is 9.61. The van der Waals surface area contributed by atoms with Gasteiger partial charge in [-0.05, 0) is 40.3 Å². The van der Waals surface area contributed by atoms with Crippen LogP contribution in [0.3, 0.4) is 0 Å². The Morgan fingerprint density at radius 3 is 2.79 bits per heavy atom. The normalized spacial score (nSPS) is 9.93. The van der Waals surface area contributed by atoms with Gasteiger partial charge >= 0.3 is 5.97 Å². The Kier molecular flexibility index (Phi) is 4.00. The summed E-state index contributed by atoms with van der Waals surface area (Å²) in [6.07, 6.45) is 0.159. The van der Waals surface area contributed by atoms with Gasteiger partial charge in [0.1, 0.15) is 5.75 Å². The van der Waals surface area contributed by atoms with Gasteiger partial charge in [0.2, 0.25) is 0 Å². The number of rotatable bonds is 2. The predicted molar refractivity (Wildman–Crippen MR) is 61.6 cm³/mol. The highest BCUT2D eigenvalue weighted by molar-refractivity contribution is 14.1. The summed E-state index contributed by atoms with van der Waals surface area (Å²) < 4.78 is 5.14. The Hall–Kier alpha value is -0.490. The number of phenols is 1. The third-order valence-corrected chi connectivity index (χ3v) is 2.76. The number of phenolic OH excluding ortho intramolecular Hbond substituents is 1. The van der Waals surface area contributed by atoms with E-state index in [1.165, 1.54) is 7.11 Å². The molecule has 0 aromatic heterocycles. The third kappa shape index (κ3) is 2.75. The number of benzene rings is 1. The third-order valence-electron chi connectivity index (χ3n) is 1.65. The van der Waals surface area contributed by atoms with Crippen molar-refractivity contribution in [1.29, 1.82) is 0 Å². The fourth-order valence-corrected chi connectivity index (χ4v) is 2.05. The molecule has 0 fully saturated rings. The van der Waals surface area contributed by atoms with Crippen LogP contribution in [0, 0.1) is 3.57 Å². The molecule has 1 aromatic rings. The fraction of sp³-hybridized carbons (Fsp3) is 0.222. The number of esters is 1. The van der Waals surface area contributed by atoms with Gasteiger partial charge in [-0.15, -0.1) is 0 Å². The molecule has 0 aliphatic heterocycles. The Morgan fingerprint density at radius 2 is 2.29 bits per heavy atom. The van der Waals surface area contributed by atoms with E-state index in [1.807, 2.05) is 22.6 Å². The number of methoxy groups -OCH3 is 1. The van der Waals surface area contributed by atoms with Crippen LogP contribution in [-0.2, 0) is 16.0 Å². The van der Waals surface area contributed by atoms with Crippen molar-refractivity contribution in [3.05, 3.63) is 26.3 Å². The van der Waals surface area contributed by atoms with Crippen LogP contribution in [0.25, 0.3) is 0 Å². The molecule has 5 heteroatoms. The van der Waals surface area contributed by atoms with Crippen LogP contribution in [0.15, 0.2) is 12.1 Å². The average Bonchev–Trinajstić information content (AvgIpc) is 2.14. The van der Waals surface area contributed by atoms with Crippen molar-refractivity contribution in [2.75, 3.05) is 7.11 Å². The van der Waals surface area contributed by atoms with Crippen LogP contribution in [0.2, 0.25) is 5.02 Å². The van der Waals surface area contributed by atoms with Crippen LogP contribution in [0.1, 0.15) is 5.56 Å². The summed E-state index contributed by atoms with van der Waals surface area (Å²) in [5.41, 5.74) is 0.726. The van der Waals surface area contributed by atoms with Crippen molar-refractivity contribution >= 4 is 40.2 Å². The monoisotopic (exact) mass is 326 g/mol. The molecular formula is C9H8ClIO3. The van der Waals surface area contributed by atoms with E-state index in [9.17, 15) is 9.90 Å². The first kappa shape index (κ1) is 11.6. The Morgan fingerprint density at radius 1 is 1.64 bits per heavy atom. The van der Waals surface area contributed by atoms with Crippen molar-refractivity contribution in [2.24, 2.45) is 0 Å². The van der Waals surface area contributed by atoms with E-state index in [2.05, 4.69) is 4.74 Å². The molecule has 0 spiro atoms. The number of hydrogen-bond donors (Lipinski definition) is 1. The smallest absolute Gasteiger partial charge is 0.309 e. The summed E-state index contributed by atoms with van der Waals surface area (Å²) in [5.74, 6) is -0.288. The Labute approximate surface area is 100 Å². The second kappa shape index (κ2) is 4.84. The van der Waals surface area contributed by atoms with E-state index in [-0.39, 0.29) is 23.2 Å². The van der Waals surface area contributed by atoms with Gasteiger partial charge < -0.3 is 9.84 Å². The van der Waals surface area contributed by atoms with Crippen LogP contribution in [0.5, 0.6) is 5.75 Å². The zero-order valence-electron chi connectivity index (χ0n) is 7.38. The summed E-state index contributed by atoms with van der Waals surface area (Å²) in [4.78, 5) is 11.0. The number of ether oxygens (including phenoxy) is 1. The van der Waals surface area contributed by atoms with Crippen molar-refractivity contribution in [1.82, 2.24) is 0 Å². The number of carbonyl (C=O) groups is 1. The number of hydrogen-bond acceptors (Lipinski definition) is 3. The quantitative estimate of drug-likeness (QED) is 0.670. The molecule has 0 atom stereocenters.